The molecular weight excluding hydrogens is 400 g/mol. The van der Waals surface area contributed by atoms with Crippen LogP contribution in [0, 0.1) is 17.2 Å². The molecule has 0 spiro atoms. The minimum absolute atomic E-state index is 0.0386. The van der Waals surface area contributed by atoms with Gasteiger partial charge in [-0.1, -0.05) is 18.4 Å². The molecule has 0 aliphatic heterocycles. The summed E-state index contributed by atoms with van der Waals surface area (Å²) in [7, 11) is 1.60. The van der Waals surface area contributed by atoms with Gasteiger partial charge in [0.2, 0.25) is 11.5 Å². The number of aromatic amines is 1. The van der Waals surface area contributed by atoms with Crippen molar-refractivity contribution in [2.75, 3.05) is 13.6 Å². The molecule has 3 rings (SSSR count). The Morgan fingerprint density at radius 1 is 1.48 bits per heavy atom. The van der Waals surface area contributed by atoms with Crippen LogP contribution in [0.1, 0.15) is 49.0 Å². The highest BCUT2D eigenvalue weighted by molar-refractivity contribution is 5.96. The fourth-order valence-electron chi connectivity index (χ4n) is 3.22. The average molecular weight is 427 g/mol. The van der Waals surface area contributed by atoms with Gasteiger partial charge in [-0.15, -0.1) is 0 Å². The number of fused-ring (bicyclic) bond motifs is 1. The van der Waals surface area contributed by atoms with Gasteiger partial charge in [-0.3, -0.25) is 9.59 Å². The molecule has 1 aliphatic carbocycles. The summed E-state index contributed by atoms with van der Waals surface area (Å²) in [6, 6.07) is 2.03. The largest absolute Gasteiger partial charge is 0.477 e. The van der Waals surface area contributed by atoms with Crippen LogP contribution in [0.3, 0.4) is 0 Å². The minimum atomic E-state index is -0.664. The van der Waals surface area contributed by atoms with Crippen molar-refractivity contribution < 1.29 is 19.3 Å². The maximum absolute atomic E-state index is 13.0. The summed E-state index contributed by atoms with van der Waals surface area (Å²) in [5.74, 6) is -1.18. The number of nitrogens with one attached hydrogen (secondary N) is 2. The highest BCUT2D eigenvalue weighted by atomic mass is 16.3. The number of hydrogen-bond acceptors (Lipinski definition) is 5. The molecule has 10 nitrogen and oxygen atoms in total. The molecule has 3 N–H and O–H groups in total. The molecule has 2 aromatic rings. The fraction of sp³-hybridized carbons (Fsp3) is 0.476. The van der Waals surface area contributed by atoms with Crippen LogP contribution in [0.15, 0.2) is 17.1 Å². The van der Waals surface area contributed by atoms with E-state index in [1.807, 2.05) is 19.9 Å². The summed E-state index contributed by atoms with van der Waals surface area (Å²) >= 11 is 0. The summed E-state index contributed by atoms with van der Waals surface area (Å²) in [6.07, 6.45) is 6.36. The standard InChI is InChI=1S/C21H26N6O4/c1-13(2)12-26-19-14(5-8-16(28)25(3)10-4-9-22)11-23-27(19)21(31)17(20(26)30)18(29)24-15-6-7-15/h5,8,11,13,15H,4,6-7,10,12H2,1-3H3,(H2,24,29,30,31)/p+1/b8-5+. The number of carbonyl (C=O) groups excluding carboxylic acids is 2. The topological polar surface area (TPSA) is 135 Å². The lowest BCUT2D eigenvalue weighted by Gasteiger charge is -2.12. The zero-order valence-corrected chi connectivity index (χ0v) is 17.9. The first-order valence-electron chi connectivity index (χ1n) is 10.2. The molecule has 0 aromatic carbocycles. The van der Waals surface area contributed by atoms with Crippen LogP contribution in [-0.2, 0) is 11.3 Å². The molecule has 2 heterocycles. The Kier molecular flexibility index (Phi) is 6.44. The van der Waals surface area contributed by atoms with Crippen LogP contribution in [-0.4, -0.2) is 51.1 Å². The molecule has 0 saturated heterocycles. The van der Waals surface area contributed by atoms with Crippen LogP contribution in [0.25, 0.3) is 11.7 Å². The van der Waals surface area contributed by atoms with Crippen molar-refractivity contribution in [3.8, 4) is 11.9 Å². The highest BCUT2D eigenvalue weighted by Gasteiger charge is 2.34. The van der Waals surface area contributed by atoms with E-state index in [9.17, 15) is 19.5 Å². The van der Waals surface area contributed by atoms with Crippen molar-refractivity contribution in [3.05, 3.63) is 33.8 Å². The summed E-state index contributed by atoms with van der Waals surface area (Å²) in [5, 5.41) is 25.1. The maximum Gasteiger partial charge on any atom is 0.378 e. The van der Waals surface area contributed by atoms with Crippen LogP contribution in [0.5, 0.6) is 5.88 Å². The van der Waals surface area contributed by atoms with E-state index in [0.717, 1.165) is 12.8 Å². The first-order valence-corrected chi connectivity index (χ1v) is 10.2. The van der Waals surface area contributed by atoms with Gasteiger partial charge in [-0.2, -0.15) is 9.83 Å². The highest BCUT2D eigenvalue weighted by Crippen LogP contribution is 2.21. The molecule has 1 fully saturated rings. The Labute approximate surface area is 179 Å². The van der Waals surface area contributed by atoms with E-state index >= 15 is 0 Å². The number of H-pyrrole nitrogens is 1. The van der Waals surface area contributed by atoms with Crippen molar-refractivity contribution in [2.45, 2.75) is 45.7 Å². The molecule has 2 aromatic heterocycles. The Morgan fingerprint density at radius 3 is 2.81 bits per heavy atom. The van der Waals surface area contributed by atoms with Gasteiger partial charge in [0, 0.05) is 25.7 Å². The lowest BCUT2D eigenvalue weighted by Crippen LogP contribution is -2.46. The molecule has 2 amide bonds. The number of carbonyl (C=O) groups is 2. The zero-order valence-electron chi connectivity index (χ0n) is 17.9. The zero-order chi connectivity index (χ0) is 22.7. The van der Waals surface area contributed by atoms with Crippen molar-refractivity contribution in [3.63, 3.8) is 0 Å². The third kappa shape index (κ3) is 4.77. The van der Waals surface area contributed by atoms with Crippen LogP contribution < -0.4 is 15.4 Å². The molecule has 0 radical (unpaired) electrons. The Bertz CT molecular complexity index is 1130. The normalized spacial score (nSPS) is 13.6. The minimum Gasteiger partial charge on any atom is -0.477 e. The van der Waals surface area contributed by atoms with Gasteiger partial charge in [-0.05, 0) is 24.8 Å². The molecule has 10 heteroatoms. The lowest BCUT2D eigenvalue weighted by molar-refractivity contribution is -0.686. The van der Waals surface area contributed by atoms with E-state index in [1.165, 1.54) is 32.3 Å². The predicted molar refractivity (Wildman–Crippen MR) is 112 cm³/mol. The second-order valence-electron chi connectivity index (χ2n) is 8.14. The number of nitrogens with zero attached hydrogens (tertiary/aromatic N) is 4. The second kappa shape index (κ2) is 9.04. The lowest BCUT2D eigenvalue weighted by atomic mass is 10.2. The summed E-state index contributed by atoms with van der Waals surface area (Å²) in [4.78, 5) is 39.3. The van der Waals surface area contributed by atoms with E-state index in [2.05, 4.69) is 10.4 Å². The van der Waals surface area contributed by atoms with Gasteiger partial charge in [0.1, 0.15) is 0 Å². The number of aromatic nitrogens is 3. The molecular formula is C21H27N6O4+. The van der Waals surface area contributed by atoms with Gasteiger partial charge in [0.05, 0.1) is 30.8 Å². The van der Waals surface area contributed by atoms with Gasteiger partial charge in [0.15, 0.2) is 0 Å². The van der Waals surface area contributed by atoms with Crippen molar-refractivity contribution in [2.24, 2.45) is 5.92 Å². The fourth-order valence-corrected chi connectivity index (χ4v) is 3.22. The smallest absolute Gasteiger partial charge is 0.378 e. The van der Waals surface area contributed by atoms with Gasteiger partial charge in [0.25, 0.3) is 5.91 Å². The maximum atomic E-state index is 13.0. The third-order valence-electron chi connectivity index (χ3n) is 5.00. The number of nitriles is 1. The summed E-state index contributed by atoms with van der Waals surface area (Å²) in [5.41, 5.74) is -0.121. The molecule has 1 aliphatic rings. The SMILES string of the molecule is CC(C)C[n+]1c(O)c(C(=O)NC2CC2)c(=O)n2[nH]cc(/C=C/C(=O)N(C)CCC#N)c21. The molecule has 0 atom stereocenters. The van der Waals surface area contributed by atoms with Crippen LogP contribution >= 0.6 is 0 Å². The number of amides is 2. The monoisotopic (exact) mass is 427 g/mol. The van der Waals surface area contributed by atoms with Crippen molar-refractivity contribution in [1.82, 2.24) is 19.8 Å². The van der Waals surface area contributed by atoms with Crippen molar-refractivity contribution >= 4 is 23.5 Å². The van der Waals surface area contributed by atoms with Crippen LogP contribution in [0.4, 0.5) is 0 Å². The van der Waals surface area contributed by atoms with Gasteiger partial charge < -0.3 is 15.3 Å². The van der Waals surface area contributed by atoms with Gasteiger partial charge in [-0.25, -0.2) is 9.89 Å². The Morgan fingerprint density at radius 2 is 2.19 bits per heavy atom. The van der Waals surface area contributed by atoms with E-state index in [4.69, 9.17) is 5.26 Å². The molecule has 0 unspecified atom stereocenters. The first-order chi connectivity index (χ1) is 14.7. The molecule has 0 bridgehead atoms. The number of rotatable bonds is 8. The first kappa shape index (κ1) is 22.1. The van der Waals surface area contributed by atoms with Crippen LogP contribution in [0.2, 0.25) is 0 Å². The van der Waals surface area contributed by atoms with E-state index in [-0.39, 0.29) is 29.9 Å². The Balaban J connectivity index is 2.06. The van der Waals surface area contributed by atoms with Gasteiger partial charge >= 0.3 is 17.1 Å². The molecule has 1 saturated carbocycles. The second-order valence-corrected chi connectivity index (χ2v) is 8.14. The van der Waals surface area contributed by atoms with E-state index in [1.54, 1.807) is 7.05 Å². The number of hydrogen-bond donors (Lipinski definition) is 3. The van der Waals surface area contributed by atoms with E-state index < -0.39 is 17.3 Å². The molecule has 164 valence electrons. The van der Waals surface area contributed by atoms with Crippen molar-refractivity contribution in [1.29, 1.82) is 5.26 Å². The molecule has 31 heavy (non-hydrogen) atoms. The number of aromatic hydroxyl groups is 1. The number of likely N-dealkylation sites (N-methyl/N-ethyl adjacent to an activating group) is 1. The quantitative estimate of drug-likeness (QED) is 0.418. The predicted octanol–water partition coefficient (Wildman–Crippen LogP) is 0.554. The summed E-state index contributed by atoms with van der Waals surface area (Å²) < 4.78 is 2.71. The average Bonchev–Trinajstić information content (AvgIpc) is 3.42. The Hall–Kier alpha value is -3.61. The summed E-state index contributed by atoms with van der Waals surface area (Å²) in [6.45, 7) is 4.57. The third-order valence-corrected chi connectivity index (χ3v) is 5.00. The van der Waals surface area contributed by atoms with E-state index in [0.29, 0.717) is 24.3 Å².